The van der Waals surface area contributed by atoms with Gasteiger partial charge in [0, 0.05) is 5.88 Å². The smallest absolute Gasteiger partial charge is 0.323 e. The molecule has 0 aromatic rings. The first-order chi connectivity index (χ1) is 8.02. The normalized spacial score (nSPS) is 13.9. The molecule has 17 heavy (non-hydrogen) atoms. The molecule has 0 N–H and O–H groups in total. The molecule has 0 fully saturated rings. The Balaban J connectivity index is 4.55. The Morgan fingerprint density at radius 3 is 2.35 bits per heavy atom. The highest BCUT2D eigenvalue weighted by atomic mass is 35.5. The van der Waals surface area contributed by atoms with Gasteiger partial charge in [-0.15, -0.1) is 11.6 Å². The molecule has 100 valence electrons. The molecule has 0 rings (SSSR count). The lowest BCUT2D eigenvalue weighted by Gasteiger charge is -2.24. The van der Waals surface area contributed by atoms with Gasteiger partial charge < -0.3 is 9.47 Å². The molecule has 1 unspecified atom stereocenters. The Morgan fingerprint density at radius 2 is 1.88 bits per heavy atom. The molecule has 1 atom stereocenters. The van der Waals surface area contributed by atoms with Gasteiger partial charge in [0.1, 0.15) is 0 Å². The van der Waals surface area contributed by atoms with Crippen molar-refractivity contribution in [3.05, 3.63) is 0 Å². The Labute approximate surface area is 108 Å². The molecule has 0 radical (unpaired) electrons. The first-order valence-electron chi connectivity index (χ1n) is 5.84. The molecule has 0 spiro atoms. The minimum atomic E-state index is -1.24. The molecule has 0 bridgehead atoms. The Kier molecular flexibility index (Phi) is 7.96. The second-order valence-corrected chi connectivity index (χ2v) is 4.48. The molecule has 0 aromatic heterocycles. The van der Waals surface area contributed by atoms with Crippen molar-refractivity contribution in [2.45, 2.75) is 39.5 Å². The van der Waals surface area contributed by atoms with Crippen molar-refractivity contribution in [1.82, 2.24) is 0 Å². The van der Waals surface area contributed by atoms with Crippen molar-refractivity contribution in [3.63, 3.8) is 0 Å². The largest absolute Gasteiger partial charge is 0.468 e. The molecule has 0 amide bonds. The highest BCUT2D eigenvalue weighted by Crippen LogP contribution is 2.27. The van der Waals surface area contributed by atoms with E-state index in [1.54, 1.807) is 6.92 Å². The van der Waals surface area contributed by atoms with Crippen LogP contribution in [-0.2, 0) is 19.1 Å². The van der Waals surface area contributed by atoms with Crippen molar-refractivity contribution in [2.24, 2.45) is 5.41 Å². The van der Waals surface area contributed by atoms with Gasteiger partial charge in [0.05, 0.1) is 13.7 Å². The number of hydrogen-bond acceptors (Lipinski definition) is 4. The summed E-state index contributed by atoms with van der Waals surface area (Å²) in [5.74, 6) is -0.693. The summed E-state index contributed by atoms with van der Waals surface area (Å²) in [6, 6.07) is 0. The number of esters is 2. The minimum absolute atomic E-state index is 0.336. The van der Waals surface area contributed by atoms with E-state index in [1.165, 1.54) is 7.11 Å². The third kappa shape index (κ3) is 4.94. The summed E-state index contributed by atoms with van der Waals surface area (Å²) in [4.78, 5) is 23.5. The van der Waals surface area contributed by atoms with Crippen LogP contribution in [-0.4, -0.2) is 31.5 Å². The molecule has 0 aliphatic rings. The van der Waals surface area contributed by atoms with E-state index in [1.807, 2.05) is 6.92 Å². The molecule has 4 nitrogen and oxygen atoms in total. The van der Waals surface area contributed by atoms with Gasteiger partial charge in [0.2, 0.25) is 0 Å². The first-order valence-corrected chi connectivity index (χ1v) is 6.38. The number of ether oxygens (including phenoxy) is 2. The van der Waals surface area contributed by atoms with Gasteiger partial charge in [-0.1, -0.05) is 13.3 Å². The molecular weight excluding hydrogens is 244 g/mol. The van der Waals surface area contributed by atoms with Crippen LogP contribution in [0.25, 0.3) is 0 Å². The molecule has 0 saturated heterocycles. The minimum Gasteiger partial charge on any atom is -0.468 e. The lowest BCUT2D eigenvalue weighted by molar-refractivity contribution is -0.170. The van der Waals surface area contributed by atoms with E-state index in [0.29, 0.717) is 25.3 Å². The van der Waals surface area contributed by atoms with Crippen molar-refractivity contribution in [3.8, 4) is 0 Å². The summed E-state index contributed by atoms with van der Waals surface area (Å²) in [5.41, 5.74) is -1.24. The zero-order chi connectivity index (χ0) is 13.3. The first kappa shape index (κ1) is 16.2. The summed E-state index contributed by atoms with van der Waals surface area (Å²) >= 11 is 5.58. The maximum absolute atomic E-state index is 11.9. The highest BCUT2D eigenvalue weighted by molar-refractivity contribution is 6.17. The molecule has 0 heterocycles. The molecule has 0 aromatic carbocycles. The monoisotopic (exact) mass is 264 g/mol. The van der Waals surface area contributed by atoms with Crippen LogP contribution in [0.3, 0.4) is 0 Å². The molecule has 5 heteroatoms. The summed E-state index contributed by atoms with van der Waals surface area (Å²) in [5, 5.41) is 0. The topological polar surface area (TPSA) is 52.6 Å². The number of carbonyl (C=O) groups excluding carboxylic acids is 2. The molecule has 0 aliphatic heterocycles. The summed E-state index contributed by atoms with van der Waals surface area (Å²) in [6.07, 6.45) is 2.63. The van der Waals surface area contributed by atoms with Crippen LogP contribution >= 0.6 is 11.6 Å². The second kappa shape index (κ2) is 8.34. The van der Waals surface area contributed by atoms with Gasteiger partial charge in [-0.05, 0) is 26.2 Å². The van der Waals surface area contributed by atoms with Crippen molar-refractivity contribution in [1.29, 1.82) is 0 Å². The van der Waals surface area contributed by atoms with Gasteiger partial charge >= 0.3 is 11.9 Å². The Bertz CT molecular complexity index is 255. The van der Waals surface area contributed by atoms with Gasteiger partial charge in [-0.3, -0.25) is 9.59 Å². The van der Waals surface area contributed by atoms with Crippen LogP contribution in [0.5, 0.6) is 0 Å². The van der Waals surface area contributed by atoms with Crippen molar-refractivity contribution < 1.29 is 19.1 Å². The van der Waals surface area contributed by atoms with E-state index in [-0.39, 0.29) is 0 Å². The lowest BCUT2D eigenvalue weighted by atomic mass is 9.86. The Hall–Kier alpha value is -0.770. The van der Waals surface area contributed by atoms with E-state index in [4.69, 9.17) is 16.3 Å². The van der Waals surface area contributed by atoms with Gasteiger partial charge in [0.15, 0.2) is 5.41 Å². The zero-order valence-corrected chi connectivity index (χ0v) is 11.5. The van der Waals surface area contributed by atoms with Gasteiger partial charge in [0.25, 0.3) is 0 Å². The fraction of sp³-hybridized carbons (Fsp3) is 0.833. The van der Waals surface area contributed by atoms with Crippen LogP contribution in [0.2, 0.25) is 0 Å². The predicted octanol–water partition coefficient (Wildman–Crippen LogP) is 2.53. The molecular formula is C12H21ClO4. The number of methoxy groups -OCH3 is 1. The number of alkyl halides is 1. The van der Waals surface area contributed by atoms with Crippen LogP contribution in [0.15, 0.2) is 0 Å². The average Bonchev–Trinajstić information content (AvgIpc) is 2.34. The van der Waals surface area contributed by atoms with Crippen molar-refractivity contribution >= 4 is 23.5 Å². The van der Waals surface area contributed by atoms with E-state index in [2.05, 4.69) is 4.74 Å². The molecule has 0 saturated carbocycles. The summed E-state index contributed by atoms with van der Waals surface area (Å²) in [6.45, 7) is 3.88. The number of hydrogen-bond donors (Lipinski definition) is 0. The number of unbranched alkanes of at least 4 members (excludes halogenated alkanes) is 1. The quantitative estimate of drug-likeness (QED) is 0.293. The number of rotatable bonds is 8. The summed E-state index contributed by atoms with van der Waals surface area (Å²) < 4.78 is 9.74. The number of carbonyl (C=O) groups is 2. The third-order valence-electron chi connectivity index (χ3n) is 2.63. The zero-order valence-electron chi connectivity index (χ0n) is 10.8. The van der Waals surface area contributed by atoms with Crippen LogP contribution in [0, 0.1) is 5.41 Å². The fourth-order valence-electron chi connectivity index (χ4n) is 1.40. The van der Waals surface area contributed by atoms with Gasteiger partial charge in [-0.25, -0.2) is 0 Å². The van der Waals surface area contributed by atoms with Crippen LogP contribution < -0.4 is 0 Å². The highest BCUT2D eigenvalue weighted by Gasteiger charge is 2.43. The van der Waals surface area contributed by atoms with Crippen LogP contribution in [0.1, 0.15) is 39.5 Å². The van der Waals surface area contributed by atoms with Crippen LogP contribution in [0.4, 0.5) is 0 Å². The molecule has 0 aliphatic carbocycles. The lowest BCUT2D eigenvalue weighted by Crippen LogP contribution is -2.39. The standard InChI is InChI=1S/C12H21ClO4/c1-4-5-9-17-11(15)12(2,7-6-8-13)10(14)16-3/h4-9H2,1-3H3. The van der Waals surface area contributed by atoms with E-state index in [9.17, 15) is 9.59 Å². The maximum atomic E-state index is 11.9. The number of halogens is 1. The predicted molar refractivity (Wildman–Crippen MR) is 65.9 cm³/mol. The fourth-order valence-corrected chi connectivity index (χ4v) is 1.54. The SMILES string of the molecule is CCCCOC(=O)C(C)(CCCCl)C(=O)OC. The average molecular weight is 265 g/mol. The van der Waals surface area contributed by atoms with Gasteiger partial charge in [-0.2, -0.15) is 0 Å². The van der Waals surface area contributed by atoms with E-state index < -0.39 is 17.4 Å². The van der Waals surface area contributed by atoms with E-state index >= 15 is 0 Å². The Morgan fingerprint density at radius 1 is 1.24 bits per heavy atom. The second-order valence-electron chi connectivity index (χ2n) is 4.11. The van der Waals surface area contributed by atoms with Crippen molar-refractivity contribution in [2.75, 3.05) is 19.6 Å². The summed E-state index contributed by atoms with van der Waals surface area (Å²) in [7, 11) is 1.26. The maximum Gasteiger partial charge on any atom is 0.323 e. The van der Waals surface area contributed by atoms with E-state index in [0.717, 1.165) is 12.8 Å². The third-order valence-corrected chi connectivity index (χ3v) is 2.90.